The highest BCUT2D eigenvalue weighted by Gasteiger charge is 2.14. The summed E-state index contributed by atoms with van der Waals surface area (Å²) in [5.41, 5.74) is 1.49. The molecule has 1 aromatic carbocycles. The Bertz CT molecular complexity index is 309. The Kier molecular flexibility index (Phi) is 4.10. The Morgan fingerprint density at radius 3 is 2.27 bits per heavy atom. The van der Waals surface area contributed by atoms with Crippen molar-refractivity contribution < 1.29 is 0 Å². The van der Waals surface area contributed by atoms with Gasteiger partial charge in [0.15, 0.2) is 0 Å². The molecule has 0 aliphatic carbocycles. The van der Waals surface area contributed by atoms with Gasteiger partial charge < -0.3 is 4.90 Å². The second kappa shape index (κ2) is 5.13. The third-order valence-electron chi connectivity index (χ3n) is 2.25. The van der Waals surface area contributed by atoms with Crippen LogP contribution in [0.5, 0.6) is 0 Å². The second-order valence-electron chi connectivity index (χ2n) is 4.97. The Morgan fingerprint density at radius 1 is 1.13 bits per heavy atom. The zero-order valence-electron chi connectivity index (χ0n) is 10.2. The highest BCUT2D eigenvalue weighted by molar-refractivity contribution is 5.49. The van der Waals surface area contributed by atoms with Gasteiger partial charge in [-0.05, 0) is 25.1 Å². The van der Waals surface area contributed by atoms with Crippen LogP contribution in [0.15, 0.2) is 36.4 Å². The fourth-order valence-corrected chi connectivity index (χ4v) is 1.75. The van der Waals surface area contributed by atoms with E-state index in [4.69, 9.17) is 0 Å². The fourth-order valence-electron chi connectivity index (χ4n) is 1.75. The highest BCUT2D eigenvalue weighted by atomic mass is 15.1. The number of rotatable bonds is 4. The molecule has 0 spiro atoms. The van der Waals surface area contributed by atoms with E-state index in [1.807, 2.05) is 6.07 Å². The largest absolute Gasteiger partial charge is 0.309 e. The van der Waals surface area contributed by atoms with Gasteiger partial charge in [0, 0.05) is 6.54 Å². The van der Waals surface area contributed by atoms with Crippen molar-refractivity contribution in [1.29, 1.82) is 0 Å². The van der Waals surface area contributed by atoms with Crippen molar-refractivity contribution in [2.45, 2.75) is 13.8 Å². The normalized spacial score (nSPS) is 12.6. The molecule has 0 bridgehead atoms. The number of hydrogen-bond donors (Lipinski definition) is 0. The lowest BCUT2D eigenvalue weighted by molar-refractivity contribution is 0.294. The molecule has 15 heavy (non-hydrogen) atoms. The summed E-state index contributed by atoms with van der Waals surface area (Å²) in [6.07, 6.45) is 4.48. The summed E-state index contributed by atoms with van der Waals surface area (Å²) in [6.45, 7) is 5.58. The lowest BCUT2D eigenvalue weighted by Crippen LogP contribution is -2.26. The Labute approximate surface area is 93.4 Å². The van der Waals surface area contributed by atoms with Crippen LogP contribution in [-0.2, 0) is 0 Å². The van der Waals surface area contributed by atoms with E-state index >= 15 is 0 Å². The van der Waals surface area contributed by atoms with Crippen molar-refractivity contribution >= 4 is 6.08 Å². The standard InChI is InChI=1S/C14H21N/c1-14(2,12-15(3)4)11-10-13-8-6-5-7-9-13/h5-11H,12H2,1-4H3/b11-10+. The number of nitrogens with zero attached hydrogens (tertiary/aromatic N) is 1. The molecule has 0 amide bonds. The molecular weight excluding hydrogens is 182 g/mol. The summed E-state index contributed by atoms with van der Waals surface area (Å²) in [7, 11) is 4.22. The molecule has 0 atom stereocenters. The van der Waals surface area contributed by atoms with E-state index in [1.54, 1.807) is 0 Å². The topological polar surface area (TPSA) is 3.24 Å². The van der Waals surface area contributed by atoms with E-state index in [0.717, 1.165) is 6.54 Å². The van der Waals surface area contributed by atoms with Crippen LogP contribution in [-0.4, -0.2) is 25.5 Å². The molecule has 0 aromatic heterocycles. The van der Waals surface area contributed by atoms with E-state index in [-0.39, 0.29) is 5.41 Å². The predicted octanol–water partition coefficient (Wildman–Crippen LogP) is 3.29. The molecule has 1 rings (SSSR count). The molecule has 82 valence electrons. The van der Waals surface area contributed by atoms with Crippen LogP contribution in [0, 0.1) is 5.41 Å². The quantitative estimate of drug-likeness (QED) is 0.726. The van der Waals surface area contributed by atoms with Crippen LogP contribution in [0.25, 0.3) is 6.08 Å². The SMILES string of the molecule is CN(C)CC(C)(C)/C=C/c1ccccc1. The van der Waals surface area contributed by atoms with Crippen molar-refractivity contribution in [1.82, 2.24) is 4.90 Å². The maximum Gasteiger partial charge on any atom is 0.00614 e. The van der Waals surface area contributed by atoms with Gasteiger partial charge in [-0.1, -0.05) is 56.3 Å². The van der Waals surface area contributed by atoms with Crippen LogP contribution in [0.1, 0.15) is 19.4 Å². The first-order chi connectivity index (χ1) is 6.99. The van der Waals surface area contributed by atoms with Crippen LogP contribution in [0.3, 0.4) is 0 Å². The van der Waals surface area contributed by atoms with Crippen LogP contribution in [0.2, 0.25) is 0 Å². The van der Waals surface area contributed by atoms with Crippen LogP contribution in [0.4, 0.5) is 0 Å². The molecule has 0 saturated heterocycles. The molecule has 0 fully saturated rings. The predicted molar refractivity (Wildman–Crippen MR) is 67.8 cm³/mol. The molecule has 0 aliphatic heterocycles. The van der Waals surface area contributed by atoms with E-state index in [1.165, 1.54) is 5.56 Å². The monoisotopic (exact) mass is 203 g/mol. The van der Waals surface area contributed by atoms with E-state index < -0.39 is 0 Å². The lowest BCUT2D eigenvalue weighted by Gasteiger charge is -2.24. The molecule has 1 nitrogen and oxygen atoms in total. The molecule has 0 unspecified atom stereocenters. The highest BCUT2D eigenvalue weighted by Crippen LogP contribution is 2.19. The maximum absolute atomic E-state index is 2.28. The average Bonchev–Trinajstić information content (AvgIpc) is 2.15. The van der Waals surface area contributed by atoms with Crippen molar-refractivity contribution in [3.8, 4) is 0 Å². The Hall–Kier alpha value is -1.08. The van der Waals surface area contributed by atoms with Crippen molar-refractivity contribution in [3.05, 3.63) is 42.0 Å². The second-order valence-corrected chi connectivity index (χ2v) is 4.97. The number of hydrogen-bond acceptors (Lipinski definition) is 1. The summed E-state index contributed by atoms with van der Waals surface area (Å²) < 4.78 is 0. The van der Waals surface area contributed by atoms with E-state index in [2.05, 4.69) is 69.3 Å². The van der Waals surface area contributed by atoms with Gasteiger partial charge in [-0.2, -0.15) is 0 Å². The summed E-state index contributed by atoms with van der Waals surface area (Å²) in [5, 5.41) is 0. The minimum atomic E-state index is 0.222. The average molecular weight is 203 g/mol. The summed E-state index contributed by atoms with van der Waals surface area (Å²) in [4.78, 5) is 2.22. The molecular formula is C14H21N. The van der Waals surface area contributed by atoms with Crippen LogP contribution < -0.4 is 0 Å². The molecule has 0 heterocycles. The smallest absolute Gasteiger partial charge is 0.00614 e. The first kappa shape index (κ1) is 12.0. The molecule has 0 saturated carbocycles. The first-order valence-corrected chi connectivity index (χ1v) is 5.39. The first-order valence-electron chi connectivity index (χ1n) is 5.39. The zero-order chi connectivity index (χ0) is 11.3. The van der Waals surface area contributed by atoms with Gasteiger partial charge >= 0.3 is 0 Å². The van der Waals surface area contributed by atoms with Gasteiger partial charge in [0.25, 0.3) is 0 Å². The van der Waals surface area contributed by atoms with Crippen molar-refractivity contribution in [3.63, 3.8) is 0 Å². The van der Waals surface area contributed by atoms with E-state index in [0.29, 0.717) is 0 Å². The third kappa shape index (κ3) is 4.80. The minimum Gasteiger partial charge on any atom is -0.309 e. The van der Waals surface area contributed by atoms with Gasteiger partial charge in [-0.15, -0.1) is 0 Å². The summed E-state index contributed by atoms with van der Waals surface area (Å²) >= 11 is 0. The van der Waals surface area contributed by atoms with Gasteiger partial charge in [-0.3, -0.25) is 0 Å². The zero-order valence-corrected chi connectivity index (χ0v) is 10.2. The lowest BCUT2D eigenvalue weighted by atomic mass is 9.91. The molecule has 1 aromatic rings. The fraction of sp³-hybridized carbons (Fsp3) is 0.429. The minimum absolute atomic E-state index is 0.222. The van der Waals surface area contributed by atoms with Gasteiger partial charge in [0.2, 0.25) is 0 Å². The van der Waals surface area contributed by atoms with E-state index in [9.17, 15) is 0 Å². The van der Waals surface area contributed by atoms with Crippen molar-refractivity contribution in [2.75, 3.05) is 20.6 Å². The number of benzene rings is 1. The summed E-state index contributed by atoms with van der Waals surface area (Å²) in [6, 6.07) is 10.4. The molecule has 0 radical (unpaired) electrons. The maximum atomic E-state index is 2.28. The van der Waals surface area contributed by atoms with Gasteiger partial charge in [0.05, 0.1) is 0 Å². The molecule has 0 aliphatic rings. The van der Waals surface area contributed by atoms with Crippen molar-refractivity contribution in [2.24, 2.45) is 5.41 Å². The molecule has 0 N–H and O–H groups in total. The van der Waals surface area contributed by atoms with Gasteiger partial charge in [-0.25, -0.2) is 0 Å². The Morgan fingerprint density at radius 2 is 1.73 bits per heavy atom. The Balaban J connectivity index is 2.64. The van der Waals surface area contributed by atoms with Crippen LogP contribution >= 0.6 is 0 Å². The van der Waals surface area contributed by atoms with Gasteiger partial charge in [0.1, 0.15) is 0 Å². The summed E-state index contributed by atoms with van der Waals surface area (Å²) in [5.74, 6) is 0. The molecule has 1 heteroatoms. The third-order valence-corrected chi connectivity index (χ3v) is 2.25.